The van der Waals surface area contributed by atoms with Crippen LogP contribution in [0.2, 0.25) is 0 Å². The topological polar surface area (TPSA) is 97.0 Å². The second kappa shape index (κ2) is 11.0. The monoisotopic (exact) mass is 578 g/mol. The van der Waals surface area contributed by atoms with Crippen molar-refractivity contribution in [3.8, 4) is 17.2 Å². The summed E-state index contributed by atoms with van der Waals surface area (Å²) in [6.07, 6.45) is 2.18. The molecule has 2 aromatic carbocycles. The predicted molar refractivity (Wildman–Crippen MR) is 153 cm³/mol. The number of aromatic amines is 1. The minimum Gasteiger partial charge on any atom is -0.493 e. The summed E-state index contributed by atoms with van der Waals surface area (Å²) in [6, 6.07) is 8.11. The van der Waals surface area contributed by atoms with Crippen molar-refractivity contribution < 1.29 is 28.2 Å². The van der Waals surface area contributed by atoms with Gasteiger partial charge in [-0.05, 0) is 43.2 Å². The van der Waals surface area contributed by atoms with Crippen LogP contribution in [0.25, 0.3) is 10.9 Å². The van der Waals surface area contributed by atoms with Crippen LogP contribution in [0.4, 0.5) is 4.39 Å². The quantitative estimate of drug-likeness (QED) is 0.346. The molecule has 2 amide bonds. The number of piperidine rings is 1. The van der Waals surface area contributed by atoms with Gasteiger partial charge in [0.15, 0.2) is 11.5 Å². The van der Waals surface area contributed by atoms with Crippen LogP contribution in [0.3, 0.4) is 0 Å². The van der Waals surface area contributed by atoms with Crippen LogP contribution in [-0.4, -0.2) is 72.5 Å². The van der Waals surface area contributed by atoms with Gasteiger partial charge in [-0.25, -0.2) is 9.37 Å². The van der Waals surface area contributed by atoms with Crippen LogP contribution in [0.1, 0.15) is 55.9 Å². The molecule has 0 radical (unpaired) electrons. The number of ether oxygens (including phenoxy) is 3. The summed E-state index contributed by atoms with van der Waals surface area (Å²) in [4.78, 5) is 38.5. The molecule has 11 heteroatoms. The highest BCUT2D eigenvalue weighted by atomic mass is 32.1. The minimum absolute atomic E-state index is 0.114. The number of nitrogens with zero attached hydrogens (tertiary/aromatic N) is 3. The third kappa shape index (κ3) is 4.88. The zero-order valence-electron chi connectivity index (χ0n) is 23.2. The lowest BCUT2D eigenvalue weighted by Gasteiger charge is -2.31. The lowest BCUT2D eigenvalue weighted by molar-refractivity contribution is 0.0708. The number of H-pyrrole nitrogens is 1. The summed E-state index contributed by atoms with van der Waals surface area (Å²) in [6.45, 7) is 2.13. The first-order valence-corrected chi connectivity index (χ1v) is 14.4. The van der Waals surface area contributed by atoms with Crippen LogP contribution in [-0.2, 0) is 13.0 Å². The molecule has 4 aromatic rings. The molecular weight excluding hydrogens is 547 g/mol. The number of thiazole rings is 1. The fourth-order valence-corrected chi connectivity index (χ4v) is 6.83. The van der Waals surface area contributed by atoms with Crippen molar-refractivity contribution in [1.82, 2.24) is 19.8 Å². The van der Waals surface area contributed by atoms with E-state index in [2.05, 4.69) is 4.98 Å². The van der Waals surface area contributed by atoms with Gasteiger partial charge in [0.2, 0.25) is 5.75 Å². The fourth-order valence-electron chi connectivity index (χ4n) is 5.86. The highest BCUT2D eigenvalue weighted by Crippen LogP contribution is 2.41. The molecule has 2 aromatic heterocycles. The van der Waals surface area contributed by atoms with Gasteiger partial charge >= 0.3 is 0 Å². The average molecular weight is 579 g/mol. The molecule has 0 spiro atoms. The number of hydrogen-bond acceptors (Lipinski definition) is 7. The normalized spacial score (nSPS) is 15.6. The molecule has 0 bridgehead atoms. The molecule has 1 saturated heterocycles. The van der Waals surface area contributed by atoms with Crippen molar-refractivity contribution >= 4 is 34.1 Å². The Morgan fingerprint density at radius 1 is 0.976 bits per heavy atom. The summed E-state index contributed by atoms with van der Waals surface area (Å²) >= 11 is 1.49. The van der Waals surface area contributed by atoms with Gasteiger partial charge in [-0.3, -0.25) is 9.59 Å². The lowest BCUT2D eigenvalue weighted by atomic mass is 9.96. The van der Waals surface area contributed by atoms with Crippen molar-refractivity contribution in [3.63, 3.8) is 0 Å². The second-order valence-corrected chi connectivity index (χ2v) is 11.2. The maximum Gasteiger partial charge on any atom is 0.273 e. The van der Waals surface area contributed by atoms with Crippen LogP contribution < -0.4 is 14.2 Å². The molecule has 6 rings (SSSR count). The van der Waals surface area contributed by atoms with E-state index in [1.54, 1.807) is 23.1 Å². The van der Waals surface area contributed by atoms with E-state index >= 15 is 0 Å². The molecule has 214 valence electrons. The first-order valence-electron chi connectivity index (χ1n) is 13.5. The number of rotatable bonds is 6. The van der Waals surface area contributed by atoms with Gasteiger partial charge < -0.3 is 29.0 Å². The van der Waals surface area contributed by atoms with Gasteiger partial charge in [0.05, 0.1) is 31.9 Å². The maximum absolute atomic E-state index is 13.9. The number of aromatic nitrogens is 2. The number of benzene rings is 2. The number of methoxy groups -OCH3 is 3. The largest absolute Gasteiger partial charge is 0.493 e. The molecule has 1 fully saturated rings. The summed E-state index contributed by atoms with van der Waals surface area (Å²) in [5.74, 6) is 0.871. The van der Waals surface area contributed by atoms with Crippen LogP contribution >= 0.6 is 11.3 Å². The number of amides is 2. The third-order valence-corrected chi connectivity index (χ3v) is 9.04. The summed E-state index contributed by atoms with van der Waals surface area (Å²) in [5.41, 5.74) is 3.77. The van der Waals surface area contributed by atoms with Gasteiger partial charge in [-0.15, -0.1) is 11.3 Å². The van der Waals surface area contributed by atoms with E-state index in [1.165, 1.54) is 44.8 Å². The Morgan fingerprint density at radius 2 is 1.76 bits per heavy atom. The molecule has 0 saturated carbocycles. The summed E-state index contributed by atoms with van der Waals surface area (Å²) in [7, 11) is 4.55. The highest BCUT2D eigenvalue weighted by Gasteiger charge is 2.31. The molecule has 0 atom stereocenters. The van der Waals surface area contributed by atoms with Gasteiger partial charge in [-0.1, -0.05) is 0 Å². The van der Waals surface area contributed by atoms with Gasteiger partial charge in [-0.2, -0.15) is 0 Å². The molecule has 9 nitrogen and oxygen atoms in total. The molecule has 0 unspecified atom stereocenters. The zero-order chi connectivity index (χ0) is 28.7. The average Bonchev–Trinajstić information content (AvgIpc) is 3.64. The van der Waals surface area contributed by atoms with Gasteiger partial charge in [0.25, 0.3) is 11.8 Å². The molecule has 4 heterocycles. The van der Waals surface area contributed by atoms with E-state index in [0.29, 0.717) is 61.1 Å². The van der Waals surface area contributed by atoms with Crippen LogP contribution in [0.5, 0.6) is 17.2 Å². The number of fused-ring (bicyclic) bond motifs is 3. The van der Waals surface area contributed by atoms with Crippen molar-refractivity contribution in [2.75, 3.05) is 41.0 Å². The molecule has 2 aliphatic heterocycles. The molecule has 2 aliphatic rings. The summed E-state index contributed by atoms with van der Waals surface area (Å²) < 4.78 is 30.2. The van der Waals surface area contributed by atoms with Crippen LogP contribution in [0, 0.1) is 5.82 Å². The van der Waals surface area contributed by atoms with E-state index in [4.69, 9.17) is 19.2 Å². The van der Waals surface area contributed by atoms with Crippen molar-refractivity contribution in [1.29, 1.82) is 0 Å². The van der Waals surface area contributed by atoms with Crippen molar-refractivity contribution in [3.05, 3.63) is 69.1 Å². The van der Waals surface area contributed by atoms with Crippen molar-refractivity contribution in [2.45, 2.75) is 31.7 Å². The Labute approximate surface area is 240 Å². The first kappa shape index (κ1) is 27.1. The van der Waals surface area contributed by atoms with E-state index in [-0.39, 0.29) is 23.5 Å². The SMILES string of the molecule is COc1ccc(C(=O)N2CCC(c3nc(C(=O)N4CCc5[nH]c6ccc(F)cc6c5C4)cs3)CC2)c(OC)c1OC. The number of hydrogen-bond donors (Lipinski definition) is 1. The predicted octanol–water partition coefficient (Wildman–Crippen LogP) is 5.01. The Morgan fingerprint density at radius 3 is 2.49 bits per heavy atom. The van der Waals surface area contributed by atoms with E-state index in [0.717, 1.165) is 40.0 Å². The maximum atomic E-state index is 13.9. The van der Waals surface area contributed by atoms with Crippen LogP contribution in [0.15, 0.2) is 35.7 Å². The first-order chi connectivity index (χ1) is 19.9. The standard InChI is InChI=1S/C30H31FN4O5S/c1-38-25-7-5-19(26(39-2)27(25)40-3)29(36)34-11-8-17(9-12-34)28-33-24(16-41-28)30(37)35-13-10-23-21(15-35)20-14-18(31)4-6-22(20)32-23/h4-7,14,16-17,32H,8-13,15H2,1-3H3. The Kier molecular flexibility index (Phi) is 7.29. The Bertz CT molecular complexity index is 1620. The van der Waals surface area contributed by atoms with E-state index < -0.39 is 0 Å². The molecular formula is C30H31FN4O5S. The molecule has 0 aliphatic carbocycles. The molecule has 1 N–H and O–H groups in total. The van der Waals surface area contributed by atoms with Gasteiger partial charge in [0.1, 0.15) is 11.5 Å². The zero-order valence-corrected chi connectivity index (χ0v) is 24.0. The third-order valence-electron chi connectivity index (χ3n) is 8.03. The van der Waals surface area contributed by atoms with E-state index in [1.807, 2.05) is 10.3 Å². The fraction of sp³-hybridized carbons (Fsp3) is 0.367. The lowest BCUT2D eigenvalue weighted by Crippen LogP contribution is -2.38. The van der Waals surface area contributed by atoms with Gasteiger partial charge in [0, 0.05) is 66.1 Å². The minimum atomic E-state index is -0.289. The highest BCUT2D eigenvalue weighted by molar-refractivity contribution is 7.09. The summed E-state index contributed by atoms with van der Waals surface area (Å²) in [5, 5.41) is 3.56. The Balaban J connectivity index is 1.11. The number of halogens is 1. The van der Waals surface area contributed by atoms with Crippen molar-refractivity contribution in [2.24, 2.45) is 0 Å². The molecule has 41 heavy (non-hydrogen) atoms. The smallest absolute Gasteiger partial charge is 0.273 e. The number of likely N-dealkylation sites (tertiary alicyclic amines) is 1. The Hall–Kier alpha value is -4.12. The second-order valence-electron chi connectivity index (χ2n) is 10.3. The number of carbonyl (C=O) groups is 2. The number of nitrogens with one attached hydrogen (secondary N) is 1. The number of carbonyl (C=O) groups excluding carboxylic acids is 2. The van der Waals surface area contributed by atoms with E-state index in [9.17, 15) is 14.0 Å².